The third-order valence-electron chi connectivity index (χ3n) is 3.62. The highest BCUT2D eigenvalue weighted by Crippen LogP contribution is 2.28. The normalized spacial score (nSPS) is 12.7. The van der Waals surface area contributed by atoms with E-state index in [9.17, 15) is 4.39 Å². The van der Waals surface area contributed by atoms with Gasteiger partial charge in [0.2, 0.25) is 0 Å². The Balaban J connectivity index is 2.45. The van der Waals surface area contributed by atoms with Crippen molar-refractivity contribution in [3.8, 4) is 5.75 Å². The van der Waals surface area contributed by atoms with Crippen LogP contribution in [0.2, 0.25) is 0 Å². The number of nitrogens with two attached hydrogens (primary N) is 1. The van der Waals surface area contributed by atoms with Crippen molar-refractivity contribution in [2.45, 2.75) is 31.7 Å². The maximum absolute atomic E-state index is 13.9. The standard InChI is InChI=1S/C16H27FN2O2/c1-19(10-4-3-5-12-20)11-9-14(18)16-13(17)7-6-8-15(16)21-2/h6-8,14,20H,3-5,9-12,18H2,1-2H3. The largest absolute Gasteiger partial charge is 0.496 e. The van der Waals surface area contributed by atoms with Gasteiger partial charge in [0.15, 0.2) is 0 Å². The van der Waals surface area contributed by atoms with E-state index in [4.69, 9.17) is 15.6 Å². The number of methoxy groups -OCH3 is 1. The molecule has 0 aliphatic heterocycles. The van der Waals surface area contributed by atoms with Crippen molar-refractivity contribution in [2.75, 3.05) is 33.9 Å². The van der Waals surface area contributed by atoms with Gasteiger partial charge in [-0.3, -0.25) is 0 Å². The molecule has 0 spiro atoms. The number of aliphatic hydroxyl groups excluding tert-OH is 1. The van der Waals surface area contributed by atoms with Crippen LogP contribution in [-0.2, 0) is 0 Å². The van der Waals surface area contributed by atoms with E-state index >= 15 is 0 Å². The van der Waals surface area contributed by atoms with E-state index in [1.165, 1.54) is 13.2 Å². The van der Waals surface area contributed by atoms with Crippen molar-refractivity contribution < 1.29 is 14.2 Å². The van der Waals surface area contributed by atoms with E-state index in [-0.39, 0.29) is 18.5 Å². The Hall–Kier alpha value is -1.17. The van der Waals surface area contributed by atoms with Gasteiger partial charge in [-0.15, -0.1) is 0 Å². The van der Waals surface area contributed by atoms with Gasteiger partial charge in [0.1, 0.15) is 11.6 Å². The second kappa shape index (κ2) is 9.71. The molecule has 0 fully saturated rings. The van der Waals surface area contributed by atoms with E-state index in [1.807, 2.05) is 7.05 Å². The SMILES string of the molecule is COc1cccc(F)c1C(N)CCN(C)CCCCCO. The molecule has 0 saturated heterocycles. The molecular weight excluding hydrogens is 271 g/mol. The number of nitrogens with zero attached hydrogens (tertiary/aromatic N) is 1. The van der Waals surface area contributed by atoms with Gasteiger partial charge in [0.05, 0.1) is 7.11 Å². The van der Waals surface area contributed by atoms with Crippen LogP contribution < -0.4 is 10.5 Å². The maximum Gasteiger partial charge on any atom is 0.131 e. The molecule has 0 bridgehead atoms. The van der Waals surface area contributed by atoms with Crippen LogP contribution in [0.4, 0.5) is 4.39 Å². The lowest BCUT2D eigenvalue weighted by Crippen LogP contribution is -2.25. The summed E-state index contributed by atoms with van der Waals surface area (Å²) in [7, 11) is 3.56. The van der Waals surface area contributed by atoms with Crippen LogP contribution in [0.15, 0.2) is 18.2 Å². The van der Waals surface area contributed by atoms with E-state index in [0.29, 0.717) is 17.7 Å². The first-order valence-electron chi connectivity index (χ1n) is 7.47. The van der Waals surface area contributed by atoms with Crippen molar-refractivity contribution in [3.63, 3.8) is 0 Å². The van der Waals surface area contributed by atoms with Crippen LogP contribution in [0.3, 0.4) is 0 Å². The predicted molar refractivity (Wildman–Crippen MR) is 82.9 cm³/mol. The highest BCUT2D eigenvalue weighted by molar-refractivity contribution is 5.37. The molecule has 1 aromatic carbocycles. The van der Waals surface area contributed by atoms with E-state index < -0.39 is 0 Å². The summed E-state index contributed by atoms with van der Waals surface area (Å²) in [6, 6.07) is 4.39. The van der Waals surface area contributed by atoms with Crippen molar-refractivity contribution in [3.05, 3.63) is 29.6 Å². The molecular formula is C16H27FN2O2. The fourth-order valence-electron chi connectivity index (χ4n) is 2.34. The minimum atomic E-state index is -0.374. The van der Waals surface area contributed by atoms with Crippen LogP contribution in [0.5, 0.6) is 5.75 Å². The summed E-state index contributed by atoms with van der Waals surface area (Å²) < 4.78 is 19.1. The fourth-order valence-corrected chi connectivity index (χ4v) is 2.34. The molecule has 0 aliphatic carbocycles. The summed E-state index contributed by atoms with van der Waals surface area (Å²) in [6.07, 6.45) is 3.59. The Morgan fingerprint density at radius 2 is 2.05 bits per heavy atom. The molecule has 1 rings (SSSR count). The lowest BCUT2D eigenvalue weighted by Gasteiger charge is -2.21. The second-order valence-electron chi connectivity index (χ2n) is 5.34. The average molecular weight is 298 g/mol. The van der Waals surface area contributed by atoms with Crippen LogP contribution in [0.1, 0.15) is 37.3 Å². The second-order valence-corrected chi connectivity index (χ2v) is 5.34. The molecule has 120 valence electrons. The molecule has 4 nitrogen and oxygen atoms in total. The van der Waals surface area contributed by atoms with Crippen LogP contribution in [0, 0.1) is 5.82 Å². The molecule has 1 unspecified atom stereocenters. The summed E-state index contributed by atoms with van der Waals surface area (Å²) in [5, 5.41) is 8.73. The smallest absolute Gasteiger partial charge is 0.131 e. The van der Waals surface area contributed by atoms with Crippen LogP contribution in [0.25, 0.3) is 0 Å². The third kappa shape index (κ3) is 5.99. The van der Waals surface area contributed by atoms with E-state index in [2.05, 4.69) is 4.90 Å². The van der Waals surface area contributed by atoms with E-state index in [0.717, 1.165) is 32.4 Å². The summed E-state index contributed by atoms with van der Waals surface area (Å²) in [4.78, 5) is 2.19. The van der Waals surface area contributed by atoms with Gasteiger partial charge in [-0.05, 0) is 58.0 Å². The molecule has 1 aromatic rings. The number of hydrogen-bond donors (Lipinski definition) is 2. The van der Waals surface area contributed by atoms with Gasteiger partial charge in [0, 0.05) is 18.2 Å². The van der Waals surface area contributed by atoms with Crippen molar-refractivity contribution >= 4 is 0 Å². The Morgan fingerprint density at radius 1 is 1.29 bits per heavy atom. The van der Waals surface area contributed by atoms with Crippen molar-refractivity contribution in [1.29, 1.82) is 0 Å². The molecule has 3 N–H and O–H groups in total. The Morgan fingerprint density at radius 3 is 2.71 bits per heavy atom. The minimum absolute atomic E-state index is 0.252. The lowest BCUT2D eigenvalue weighted by atomic mass is 10.0. The molecule has 21 heavy (non-hydrogen) atoms. The van der Waals surface area contributed by atoms with Gasteiger partial charge in [-0.1, -0.05) is 6.07 Å². The van der Waals surface area contributed by atoms with Gasteiger partial charge in [-0.25, -0.2) is 4.39 Å². The van der Waals surface area contributed by atoms with Gasteiger partial charge < -0.3 is 20.5 Å². The first kappa shape index (κ1) is 17.9. The Labute approximate surface area is 126 Å². The monoisotopic (exact) mass is 298 g/mol. The highest BCUT2D eigenvalue weighted by atomic mass is 19.1. The number of ether oxygens (including phenoxy) is 1. The zero-order valence-electron chi connectivity index (χ0n) is 13.0. The average Bonchev–Trinajstić information content (AvgIpc) is 2.48. The first-order valence-corrected chi connectivity index (χ1v) is 7.47. The number of unbranched alkanes of at least 4 members (excludes halogenated alkanes) is 2. The van der Waals surface area contributed by atoms with Gasteiger partial charge >= 0.3 is 0 Å². The maximum atomic E-state index is 13.9. The van der Waals surface area contributed by atoms with Crippen LogP contribution >= 0.6 is 0 Å². The van der Waals surface area contributed by atoms with Gasteiger partial charge in [-0.2, -0.15) is 0 Å². The fraction of sp³-hybridized carbons (Fsp3) is 0.625. The molecule has 0 saturated carbocycles. The number of benzene rings is 1. The van der Waals surface area contributed by atoms with Gasteiger partial charge in [0.25, 0.3) is 0 Å². The number of aliphatic hydroxyl groups is 1. The topological polar surface area (TPSA) is 58.7 Å². The van der Waals surface area contributed by atoms with Crippen molar-refractivity contribution in [2.24, 2.45) is 5.73 Å². The molecule has 0 aromatic heterocycles. The minimum Gasteiger partial charge on any atom is -0.496 e. The first-order chi connectivity index (χ1) is 10.1. The summed E-state index contributed by atoms with van der Waals surface area (Å²) in [6.45, 7) is 2.01. The molecule has 0 heterocycles. The number of rotatable bonds is 10. The molecule has 0 radical (unpaired) electrons. The Kier molecular flexibility index (Phi) is 8.27. The zero-order valence-corrected chi connectivity index (χ0v) is 13.0. The molecule has 5 heteroatoms. The molecule has 1 atom stereocenters. The van der Waals surface area contributed by atoms with E-state index in [1.54, 1.807) is 12.1 Å². The molecule has 0 aliphatic rings. The molecule has 0 amide bonds. The lowest BCUT2D eigenvalue weighted by molar-refractivity contribution is 0.270. The quantitative estimate of drug-likeness (QED) is 0.651. The summed E-state index contributed by atoms with van der Waals surface area (Å²) in [5.74, 6) is 0.195. The third-order valence-corrected chi connectivity index (χ3v) is 3.62. The summed E-state index contributed by atoms with van der Waals surface area (Å²) in [5.41, 5.74) is 6.57. The van der Waals surface area contributed by atoms with Crippen molar-refractivity contribution in [1.82, 2.24) is 4.90 Å². The zero-order chi connectivity index (χ0) is 15.7. The Bertz CT molecular complexity index is 415. The number of hydrogen-bond acceptors (Lipinski definition) is 4. The van der Waals surface area contributed by atoms with Crippen LogP contribution in [-0.4, -0.2) is 43.9 Å². The summed E-state index contributed by atoms with van der Waals surface area (Å²) >= 11 is 0. The highest BCUT2D eigenvalue weighted by Gasteiger charge is 2.17. The number of halogens is 1. The predicted octanol–water partition coefficient (Wildman–Crippen LogP) is 2.32.